The maximum Gasteiger partial charge on any atom is 0.134 e. The zero-order valence-electron chi connectivity index (χ0n) is 11.9. The normalized spacial score (nSPS) is 12.0. The van der Waals surface area contributed by atoms with Gasteiger partial charge < -0.3 is 9.64 Å². The Hall–Kier alpha value is -1.81. The Morgan fingerprint density at radius 1 is 1.30 bits per heavy atom. The van der Waals surface area contributed by atoms with E-state index in [-0.39, 0.29) is 6.04 Å². The van der Waals surface area contributed by atoms with Crippen LogP contribution in [0.4, 0.5) is 5.82 Å². The minimum atomic E-state index is 0.261. The largest absolute Gasteiger partial charge is 0.496 e. The zero-order valence-corrected chi connectivity index (χ0v) is 12.6. The van der Waals surface area contributed by atoms with E-state index in [9.17, 15) is 0 Å². The molecule has 0 aliphatic carbocycles. The third-order valence-electron chi connectivity index (χ3n) is 3.35. The summed E-state index contributed by atoms with van der Waals surface area (Å²) in [5, 5.41) is 0.450. The summed E-state index contributed by atoms with van der Waals surface area (Å²) in [6, 6.07) is 10.1. The van der Waals surface area contributed by atoms with Gasteiger partial charge in [-0.3, -0.25) is 0 Å². The second kappa shape index (κ2) is 6.57. The Labute approximate surface area is 124 Å². The lowest BCUT2D eigenvalue weighted by Crippen LogP contribution is -2.31. The van der Waals surface area contributed by atoms with E-state index in [0.717, 1.165) is 18.0 Å². The molecule has 106 valence electrons. The van der Waals surface area contributed by atoms with Crippen LogP contribution < -0.4 is 9.64 Å². The molecule has 4 nitrogen and oxygen atoms in total. The number of para-hydroxylation sites is 1. The zero-order chi connectivity index (χ0) is 14.5. The molecule has 1 heterocycles. The van der Waals surface area contributed by atoms with Gasteiger partial charge in [0, 0.05) is 19.2 Å². The van der Waals surface area contributed by atoms with Gasteiger partial charge in [-0.1, -0.05) is 29.8 Å². The molecule has 0 radical (unpaired) electrons. The van der Waals surface area contributed by atoms with Gasteiger partial charge >= 0.3 is 0 Å². The standard InChI is InChI=1S/C15H18ClN3O/c1-11(8-12-6-4-5-7-13(12)20-3)19(2)15-9-14(16)17-10-18-15/h4-7,9-11H,8H2,1-3H3. The minimum absolute atomic E-state index is 0.261. The predicted molar refractivity (Wildman–Crippen MR) is 81.6 cm³/mol. The topological polar surface area (TPSA) is 38.2 Å². The van der Waals surface area contributed by atoms with Crippen LogP contribution in [0.2, 0.25) is 5.15 Å². The number of hydrogen-bond donors (Lipinski definition) is 0. The molecule has 0 aliphatic heterocycles. The highest BCUT2D eigenvalue weighted by atomic mass is 35.5. The molecule has 2 aromatic rings. The smallest absolute Gasteiger partial charge is 0.134 e. The van der Waals surface area contributed by atoms with Crippen molar-refractivity contribution < 1.29 is 4.74 Å². The van der Waals surface area contributed by atoms with Crippen LogP contribution in [-0.4, -0.2) is 30.2 Å². The number of methoxy groups -OCH3 is 1. The second-order valence-corrected chi connectivity index (χ2v) is 5.06. The van der Waals surface area contributed by atoms with Crippen molar-refractivity contribution in [3.05, 3.63) is 47.4 Å². The van der Waals surface area contributed by atoms with Crippen molar-refractivity contribution in [3.8, 4) is 5.75 Å². The van der Waals surface area contributed by atoms with Crippen LogP contribution in [0.5, 0.6) is 5.75 Å². The molecule has 0 N–H and O–H groups in total. The number of anilines is 1. The summed E-state index contributed by atoms with van der Waals surface area (Å²) in [4.78, 5) is 10.2. The fraction of sp³-hybridized carbons (Fsp3) is 0.333. The van der Waals surface area contributed by atoms with Crippen molar-refractivity contribution in [2.24, 2.45) is 0 Å². The summed E-state index contributed by atoms with van der Waals surface area (Å²) in [5.74, 6) is 1.72. The second-order valence-electron chi connectivity index (χ2n) is 4.67. The van der Waals surface area contributed by atoms with E-state index in [1.165, 1.54) is 11.9 Å². The molecule has 0 amide bonds. The first-order valence-corrected chi connectivity index (χ1v) is 6.82. The molecule has 0 saturated carbocycles. The lowest BCUT2D eigenvalue weighted by atomic mass is 10.1. The summed E-state index contributed by atoms with van der Waals surface area (Å²) in [6.45, 7) is 2.14. The monoisotopic (exact) mass is 291 g/mol. The maximum atomic E-state index is 5.90. The van der Waals surface area contributed by atoms with Crippen molar-refractivity contribution in [2.45, 2.75) is 19.4 Å². The van der Waals surface area contributed by atoms with Crippen LogP contribution >= 0.6 is 11.6 Å². The number of benzene rings is 1. The van der Waals surface area contributed by atoms with E-state index in [0.29, 0.717) is 5.15 Å². The number of nitrogens with zero attached hydrogens (tertiary/aromatic N) is 3. The summed E-state index contributed by atoms with van der Waals surface area (Å²) >= 11 is 5.90. The third kappa shape index (κ3) is 3.39. The fourth-order valence-corrected chi connectivity index (χ4v) is 2.21. The molecular formula is C15H18ClN3O. The number of rotatable bonds is 5. The summed E-state index contributed by atoms with van der Waals surface area (Å²) in [7, 11) is 3.69. The summed E-state index contributed by atoms with van der Waals surface area (Å²) in [5.41, 5.74) is 1.18. The van der Waals surface area contributed by atoms with Crippen molar-refractivity contribution in [1.29, 1.82) is 0 Å². The van der Waals surface area contributed by atoms with Gasteiger partial charge in [0.1, 0.15) is 23.0 Å². The molecule has 5 heteroatoms. The third-order valence-corrected chi connectivity index (χ3v) is 3.56. The maximum absolute atomic E-state index is 5.90. The molecule has 1 aromatic carbocycles. The molecule has 1 unspecified atom stereocenters. The van der Waals surface area contributed by atoms with E-state index < -0.39 is 0 Å². The number of ether oxygens (including phenoxy) is 1. The van der Waals surface area contributed by atoms with Crippen molar-refractivity contribution >= 4 is 17.4 Å². The number of hydrogen-bond acceptors (Lipinski definition) is 4. The molecule has 20 heavy (non-hydrogen) atoms. The van der Waals surface area contributed by atoms with E-state index in [1.54, 1.807) is 13.2 Å². The quantitative estimate of drug-likeness (QED) is 0.793. The summed E-state index contributed by atoms with van der Waals surface area (Å²) in [6.07, 6.45) is 2.34. The van der Waals surface area contributed by atoms with Crippen LogP contribution in [0.15, 0.2) is 36.7 Å². The van der Waals surface area contributed by atoms with E-state index in [1.807, 2.05) is 25.2 Å². The molecule has 1 atom stereocenters. The SMILES string of the molecule is COc1ccccc1CC(C)N(C)c1cc(Cl)ncn1. The lowest BCUT2D eigenvalue weighted by molar-refractivity contribution is 0.408. The van der Waals surface area contributed by atoms with Crippen LogP contribution in [0, 0.1) is 0 Å². The van der Waals surface area contributed by atoms with Gasteiger partial charge in [-0.15, -0.1) is 0 Å². The van der Waals surface area contributed by atoms with Gasteiger partial charge in [-0.25, -0.2) is 9.97 Å². The van der Waals surface area contributed by atoms with Gasteiger partial charge in [0.05, 0.1) is 7.11 Å². The lowest BCUT2D eigenvalue weighted by Gasteiger charge is -2.26. The molecule has 2 rings (SSSR count). The number of halogens is 1. The molecule has 0 spiro atoms. The Balaban J connectivity index is 2.13. The van der Waals surface area contributed by atoms with E-state index in [4.69, 9.17) is 16.3 Å². The molecule has 0 bridgehead atoms. The number of aromatic nitrogens is 2. The van der Waals surface area contributed by atoms with Crippen LogP contribution in [-0.2, 0) is 6.42 Å². The Bertz CT molecular complexity index is 577. The first kappa shape index (κ1) is 14.6. The first-order chi connectivity index (χ1) is 9.61. The first-order valence-electron chi connectivity index (χ1n) is 6.44. The average molecular weight is 292 g/mol. The molecular weight excluding hydrogens is 274 g/mol. The van der Waals surface area contributed by atoms with Gasteiger partial charge in [0.15, 0.2) is 0 Å². The Morgan fingerprint density at radius 3 is 2.75 bits per heavy atom. The highest BCUT2D eigenvalue weighted by Gasteiger charge is 2.14. The van der Waals surface area contributed by atoms with Crippen LogP contribution in [0.1, 0.15) is 12.5 Å². The van der Waals surface area contributed by atoms with E-state index in [2.05, 4.69) is 27.9 Å². The Morgan fingerprint density at radius 2 is 2.05 bits per heavy atom. The van der Waals surface area contributed by atoms with Crippen LogP contribution in [0.25, 0.3) is 0 Å². The highest BCUT2D eigenvalue weighted by molar-refractivity contribution is 6.29. The van der Waals surface area contributed by atoms with Gasteiger partial charge in [0.2, 0.25) is 0 Å². The summed E-state index contributed by atoms with van der Waals surface area (Å²) < 4.78 is 5.39. The van der Waals surface area contributed by atoms with E-state index >= 15 is 0 Å². The van der Waals surface area contributed by atoms with Crippen molar-refractivity contribution in [1.82, 2.24) is 9.97 Å². The predicted octanol–water partition coefficient (Wildman–Crippen LogP) is 3.21. The number of likely N-dealkylation sites (N-methyl/N-ethyl adjacent to an activating group) is 1. The highest BCUT2D eigenvalue weighted by Crippen LogP contribution is 2.22. The molecule has 0 aliphatic rings. The Kier molecular flexibility index (Phi) is 4.79. The van der Waals surface area contributed by atoms with Crippen LogP contribution in [0.3, 0.4) is 0 Å². The molecule has 0 fully saturated rings. The van der Waals surface area contributed by atoms with Gasteiger partial charge in [-0.05, 0) is 25.0 Å². The molecule has 1 aromatic heterocycles. The van der Waals surface area contributed by atoms with Crippen molar-refractivity contribution in [2.75, 3.05) is 19.1 Å². The van der Waals surface area contributed by atoms with Gasteiger partial charge in [-0.2, -0.15) is 0 Å². The van der Waals surface area contributed by atoms with Gasteiger partial charge in [0.25, 0.3) is 0 Å². The van der Waals surface area contributed by atoms with Crippen molar-refractivity contribution in [3.63, 3.8) is 0 Å². The minimum Gasteiger partial charge on any atom is -0.496 e. The average Bonchev–Trinajstić information content (AvgIpc) is 2.47. The fourth-order valence-electron chi connectivity index (χ4n) is 2.07. The molecule has 0 saturated heterocycles.